The van der Waals surface area contributed by atoms with Gasteiger partial charge in [-0.05, 0) is 19.3 Å². The third-order valence-electron chi connectivity index (χ3n) is 3.08. The molecule has 1 saturated carbocycles. The van der Waals surface area contributed by atoms with E-state index in [2.05, 4.69) is 4.90 Å². The summed E-state index contributed by atoms with van der Waals surface area (Å²) >= 11 is 0. The van der Waals surface area contributed by atoms with Gasteiger partial charge in [-0.2, -0.15) is 0 Å². The smallest absolute Gasteiger partial charge is 0.0695 e. The highest BCUT2D eigenvalue weighted by atomic mass is 16.5. The molecule has 0 aromatic carbocycles. The van der Waals surface area contributed by atoms with Crippen LogP contribution in [0, 0.1) is 0 Å². The molecular weight excluding hydrogens is 194 g/mol. The van der Waals surface area contributed by atoms with Crippen molar-refractivity contribution in [3.63, 3.8) is 0 Å². The molecule has 2 atom stereocenters. The normalized spacial score (nSPS) is 26.4. The van der Waals surface area contributed by atoms with E-state index in [-0.39, 0.29) is 6.10 Å². The first kappa shape index (κ1) is 12.9. The third-order valence-corrected chi connectivity index (χ3v) is 3.08. The average molecular weight is 217 g/mol. The van der Waals surface area contributed by atoms with Gasteiger partial charge in [0.05, 0.1) is 19.3 Å². The zero-order valence-electron chi connectivity index (χ0n) is 9.82. The van der Waals surface area contributed by atoms with E-state index in [9.17, 15) is 5.11 Å². The maximum atomic E-state index is 9.83. The summed E-state index contributed by atoms with van der Waals surface area (Å²) in [5.74, 6) is 0. The van der Waals surface area contributed by atoms with E-state index in [4.69, 9.17) is 9.47 Å². The molecule has 2 unspecified atom stereocenters. The van der Waals surface area contributed by atoms with Crippen LogP contribution in [0.3, 0.4) is 0 Å². The molecule has 0 aliphatic heterocycles. The van der Waals surface area contributed by atoms with Crippen molar-refractivity contribution < 1.29 is 14.6 Å². The second-order valence-corrected chi connectivity index (χ2v) is 4.09. The minimum atomic E-state index is -0.168. The lowest BCUT2D eigenvalue weighted by Gasteiger charge is -2.30. The summed E-state index contributed by atoms with van der Waals surface area (Å²) in [6.07, 6.45) is 2.98. The molecule has 1 rings (SSSR count). The molecule has 1 aliphatic rings. The van der Waals surface area contributed by atoms with Gasteiger partial charge in [0.2, 0.25) is 0 Å². The summed E-state index contributed by atoms with van der Waals surface area (Å²) < 4.78 is 10.2. The fourth-order valence-corrected chi connectivity index (χ4v) is 2.21. The number of aliphatic hydroxyl groups is 1. The first-order valence-electron chi connectivity index (χ1n) is 5.69. The number of aliphatic hydroxyl groups excluding tert-OH is 1. The number of hydrogen-bond donors (Lipinski definition) is 1. The highest BCUT2D eigenvalue weighted by Crippen LogP contribution is 2.23. The molecule has 15 heavy (non-hydrogen) atoms. The standard InChI is InChI=1S/C11H23NO3/c1-14-8-6-12(7-9-15-2)10-4-3-5-11(10)13/h10-11,13H,3-9H2,1-2H3. The highest BCUT2D eigenvalue weighted by molar-refractivity contribution is 4.85. The van der Waals surface area contributed by atoms with E-state index in [0.29, 0.717) is 19.3 Å². The van der Waals surface area contributed by atoms with Crippen molar-refractivity contribution >= 4 is 0 Å². The van der Waals surface area contributed by atoms with E-state index >= 15 is 0 Å². The maximum absolute atomic E-state index is 9.83. The second-order valence-electron chi connectivity index (χ2n) is 4.09. The summed E-state index contributed by atoms with van der Waals surface area (Å²) in [5.41, 5.74) is 0. The van der Waals surface area contributed by atoms with Crippen LogP contribution < -0.4 is 0 Å². The largest absolute Gasteiger partial charge is 0.391 e. The lowest BCUT2D eigenvalue weighted by Crippen LogP contribution is -2.43. The number of hydrogen-bond acceptors (Lipinski definition) is 4. The summed E-state index contributed by atoms with van der Waals surface area (Å²) in [6, 6.07) is 0.301. The van der Waals surface area contributed by atoms with Gasteiger partial charge in [-0.15, -0.1) is 0 Å². The minimum absolute atomic E-state index is 0.168. The molecular formula is C11H23NO3. The van der Waals surface area contributed by atoms with Crippen LogP contribution in [0.5, 0.6) is 0 Å². The van der Waals surface area contributed by atoms with Crippen LogP contribution in [0.4, 0.5) is 0 Å². The number of nitrogens with zero attached hydrogens (tertiary/aromatic N) is 1. The molecule has 0 heterocycles. The fourth-order valence-electron chi connectivity index (χ4n) is 2.21. The molecule has 0 saturated heterocycles. The molecule has 0 aromatic rings. The lowest BCUT2D eigenvalue weighted by molar-refractivity contribution is 0.0362. The highest BCUT2D eigenvalue weighted by Gasteiger charge is 2.29. The number of methoxy groups -OCH3 is 2. The SMILES string of the molecule is COCCN(CCOC)C1CCCC1O. The Morgan fingerprint density at radius 1 is 1.13 bits per heavy atom. The van der Waals surface area contributed by atoms with E-state index in [1.54, 1.807) is 14.2 Å². The Labute approximate surface area is 92.2 Å². The van der Waals surface area contributed by atoms with Crippen molar-refractivity contribution in [1.29, 1.82) is 0 Å². The summed E-state index contributed by atoms with van der Waals surface area (Å²) in [6.45, 7) is 3.18. The van der Waals surface area contributed by atoms with Crippen molar-refractivity contribution in [1.82, 2.24) is 4.90 Å². The van der Waals surface area contributed by atoms with Gasteiger partial charge < -0.3 is 14.6 Å². The Balaban J connectivity index is 2.38. The fraction of sp³-hybridized carbons (Fsp3) is 1.00. The van der Waals surface area contributed by atoms with E-state index in [1.807, 2.05) is 0 Å². The average Bonchev–Trinajstić information content (AvgIpc) is 2.65. The van der Waals surface area contributed by atoms with Crippen LogP contribution in [0.2, 0.25) is 0 Å². The van der Waals surface area contributed by atoms with E-state index in [1.165, 1.54) is 0 Å². The first-order valence-corrected chi connectivity index (χ1v) is 5.69. The quantitative estimate of drug-likeness (QED) is 0.674. The molecule has 4 heteroatoms. The monoisotopic (exact) mass is 217 g/mol. The number of ether oxygens (including phenoxy) is 2. The van der Waals surface area contributed by atoms with Crippen molar-refractivity contribution in [3.8, 4) is 0 Å². The Kier molecular flexibility index (Phi) is 6.17. The molecule has 4 nitrogen and oxygen atoms in total. The minimum Gasteiger partial charge on any atom is -0.391 e. The van der Waals surface area contributed by atoms with Crippen LogP contribution in [0.15, 0.2) is 0 Å². The van der Waals surface area contributed by atoms with Crippen molar-refractivity contribution in [2.24, 2.45) is 0 Å². The zero-order valence-corrected chi connectivity index (χ0v) is 9.82. The van der Waals surface area contributed by atoms with Crippen molar-refractivity contribution in [2.75, 3.05) is 40.5 Å². The van der Waals surface area contributed by atoms with Crippen LogP contribution >= 0.6 is 0 Å². The van der Waals surface area contributed by atoms with Gasteiger partial charge >= 0.3 is 0 Å². The van der Waals surface area contributed by atoms with Gasteiger partial charge in [0.15, 0.2) is 0 Å². The van der Waals surface area contributed by atoms with E-state index < -0.39 is 0 Å². The van der Waals surface area contributed by atoms with Crippen molar-refractivity contribution in [2.45, 2.75) is 31.4 Å². The molecule has 0 spiro atoms. The Morgan fingerprint density at radius 3 is 2.13 bits per heavy atom. The maximum Gasteiger partial charge on any atom is 0.0695 e. The Hall–Kier alpha value is -0.160. The molecule has 0 bridgehead atoms. The van der Waals surface area contributed by atoms with Gasteiger partial charge in [-0.3, -0.25) is 4.90 Å². The zero-order chi connectivity index (χ0) is 11.1. The van der Waals surface area contributed by atoms with Gasteiger partial charge in [-0.25, -0.2) is 0 Å². The van der Waals surface area contributed by atoms with Gasteiger partial charge in [-0.1, -0.05) is 0 Å². The van der Waals surface area contributed by atoms with Crippen molar-refractivity contribution in [3.05, 3.63) is 0 Å². The first-order chi connectivity index (χ1) is 7.29. The second kappa shape index (κ2) is 7.17. The van der Waals surface area contributed by atoms with Crippen LogP contribution in [0.1, 0.15) is 19.3 Å². The van der Waals surface area contributed by atoms with Gasteiger partial charge in [0.25, 0.3) is 0 Å². The Morgan fingerprint density at radius 2 is 1.73 bits per heavy atom. The van der Waals surface area contributed by atoms with Crippen LogP contribution in [0.25, 0.3) is 0 Å². The molecule has 0 radical (unpaired) electrons. The third kappa shape index (κ3) is 4.07. The predicted molar refractivity (Wildman–Crippen MR) is 59.0 cm³/mol. The predicted octanol–water partition coefficient (Wildman–Crippen LogP) is 0.495. The summed E-state index contributed by atoms with van der Waals surface area (Å²) in [5, 5.41) is 9.83. The topological polar surface area (TPSA) is 41.9 Å². The lowest BCUT2D eigenvalue weighted by atomic mass is 10.2. The van der Waals surface area contributed by atoms with Gasteiger partial charge in [0, 0.05) is 33.4 Å². The van der Waals surface area contributed by atoms with Crippen LogP contribution in [-0.2, 0) is 9.47 Å². The molecule has 0 amide bonds. The molecule has 1 fully saturated rings. The summed E-state index contributed by atoms with van der Waals surface area (Å²) in [4.78, 5) is 2.28. The Bertz CT molecular complexity index is 158. The molecule has 1 N–H and O–H groups in total. The summed E-state index contributed by atoms with van der Waals surface area (Å²) in [7, 11) is 3.42. The molecule has 1 aliphatic carbocycles. The number of rotatable bonds is 7. The van der Waals surface area contributed by atoms with Crippen LogP contribution in [-0.4, -0.2) is 62.7 Å². The van der Waals surface area contributed by atoms with E-state index in [0.717, 1.165) is 32.4 Å². The molecule has 0 aromatic heterocycles. The van der Waals surface area contributed by atoms with Gasteiger partial charge in [0.1, 0.15) is 0 Å². The molecule has 90 valence electrons.